The van der Waals surface area contributed by atoms with Gasteiger partial charge in [-0.05, 0) is 25.0 Å². The van der Waals surface area contributed by atoms with Crippen LogP contribution >= 0.6 is 7.60 Å². The fourth-order valence-electron chi connectivity index (χ4n) is 2.56. The second-order valence-corrected chi connectivity index (χ2v) is 8.78. The SMILES string of the molecule is CCOP(=O)(OCC)C(=C(c1ccccc1)c1ccccc1)S(C)=O. The zero-order chi connectivity index (χ0) is 18.3. The highest BCUT2D eigenvalue weighted by atomic mass is 32.2. The van der Waals surface area contributed by atoms with Gasteiger partial charge >= 0.3 is 7.60 Å². The largest absolute Gasteiger partial charge is 0.370 e. The predicted molar refractivity (Wildman–Crippen MR) is 104 cm³/mol. The fourth-order valence-corrected chi connectivity index (χ4v) is 6.18. The van der Waals surface area contributed by atoms with Crippen molar-refractivity contribution in [2.24, 2.45) is 0 Å². The monoisotopic (exact) mass is 378 g/mol. The lowest BCUT2D eigenvalue weighted by molar-refractivity contribution is 0.228. The molecule has 0 fully saturated rings. The summed E-state index contributed by atoms with van der Waals surface area (Å²) in [5.74, 6) is 0. The van der Waals surface area contributed by atoms with Crippen molar-refractivity contribution in [2.45, 2.75) is 13.8 Å². The van der Waals surface area contributed by atoms with Gasteiger partial charge in [0.2, 0.25) is 0 Å². The van der Waals surface area contributed by atoms with Gasteiger partial charge in [-0.15, -0.1) is 0 Å². The van der Waals surface area contributed by atoms with Gasteiger partial charge in [0.1, 0.15) is 4.65 Å². The van der Waals surface area contributed by atoms with Gasteiger partial charge in [0.05, 0.1) is 24.0 Å². The molecule has 2 aromatic rings. The van der Waals surface area contributed by atoms with E-state index >= 15 is 0 Å². The molecule has 134 valence electrons. The number of rotatable bonds is 8. The van der Waals surface area contributed by atoms with Crippen molar-refractivity contribution >= 4 is 24.0 Å². The second kappa shape index (κ2) is 9.25. The molecule has 1 atom stereocenters. The third-order valence-corrected chi connectivity index (χ3v) is 7.57. The lowest BCUT2D eigenvalue weighted by Crippen LogP contribution is -2.06. The maximum absolute atomic E-state index is 13.4. The summed E-state index contributed by atoms with van der Waals surface area (Å²) in [6.07, 6.45) is 1.51. The van der Waals surface area contributed by atoms with E-state index in [2.05, 4.69) is 0 Å². The van der Waals surface area contributed by atoms with Gasteiger partial charge < -0.3 is 9.05 Å². The predicted octanol–water partition coefficient (Wildman–Crippen LogP) is 5.05. The van der Waals surface area contributed by atoms with Crippen molar-refractivity contribution in [3.8, 4) is 0 Å². The van der Waals surface area contributed by atoms with Crippen molar-refractivity contribution in [1.29, 1.82) is 0 Å². The van der Waals surface area contributed by atoms with Crippen molar-refractivity contribution in [3.05, 3.63) is 76.4 Å². The highest BCUT2D eigenvalue weighted by molar-refractivity contribution is 7.98. The molecule has 0 aromatic heterocycles. The fraction of sp³-hybridized carbons (Fsp3) is 0.263. The summed E-state index contributed by atoms with van der Waals surface area (Å²) >= 11 is 0. The maximum Gasteiger partial charge on any atom is 0.370 e. The second-order valence-electron chi connectivity index (χ2n) is 5.20. The average molecular weight is 378 g/mol. The van der Waals surface area contributed by atoms with Crippen LogP contribution in [0.4, 0.5) is 0 Å². The van der Waals surface area contributed by atoms with Crippen LogP contribution in [0.25, 0.3) is 5.57 Å². The quantitative estimate of drug-likeness (QED) is 0.603. The van der Waals surface area contributed by atoms with Crippen LogP contribution in [0.3, 0.4) is 0 Å². The van der Waals surface area contributed by atoms with E-state index in [1.165, 1.54) is 6.26 Å². The molecule has 0 aliphatic heterocycles. The molecule has 25 heavy (non-hydrogen) atoms. The highest BCUT2D eigenvalue weighted by Gasteiger charge is 2.36. The molecule has 0 saturated carbocycles. The summed E-state index contributed by atoms with van der Waals surface area (Å²) < 4.78 is 37.3. The molecule has 0 N–H and O–H groups in total. The van der Waals surface area contributed by atoms with Crippen LogP contribution in [0.5, 0.6) is 0 Å². The molecular weight excluding hydrogens is 355 g/mol. The van der Waals surface area contributed by atoms with Gasteiger partial charge in [0.25, 0.3) is 0 Å². The van der Waals surface area contributed by atoms with Crippen LogP contribution in [0.1, 0.15) is 25.0 Å². The third kappa shape index (κ3) is 4.77. The summed E-state index contributed by atoms with van der Waals surface area (Å²) in [7, 11) is -5.23. The van der Waals surface area contributed by atoms with Crippen LogP contribution in [0.15, 0.2) is 65.3 Å². The molecule has 2 rings (SSSR count). The van der Waals surface area contributed by atoms with Crippen LogP contribution in [0.2, 0.25) is 0 Å². The van der Waals surface area contributed by atoms with Gasteiger partial charge in [0, 0.05) is 11.8 Å². The van der Waals surface area contributed by atoms with E-state index in [4.69, 9.17) is 9.05 Å². The first-order valence-electron chi connectivity index (χ1n) is 8.11. The summed E-state index contributed by atoms with van der Waals surface area (Å²) in [6, 6.07) is 19.0. The summed E-state index contributed by atoms with van der Waals surface area (Å²) in [5, 5.41) is 0. The van der Waals surface area contributed by atoms with Crippen LogP contribution in [-0.4, -0.2) is 23.7 Å². The molecule has 0 aliphatic carbocycles. The van der Waals surface area contributed by atoms with Crippen LogP contribution in [-0.2, 0) is 24.4 Å². The minimum Gasteiger partial charge on any atom is -0.305 e. The van der Waals surface area contributed by atoms with E-state index in [1.807, 2.05) is 60.7 Å². The standard InChI is InChI=1S/C19H23O4PS/c1-4-22-24(20,23-5-2)19(25(3)21)18(16-12-8-6-9-13-16)17-14-10-7-11-15-17/h6-15H,4-5H2,1-3H3. The molecular formula is C19H23O4PS. The molecule has 0 radical (unpaired) electrons. The van der Waals surface area contributed by atoms with Crippen LogP contribution in [0, 0.1) is 0 Å². The van der Waals surface area contributed by atoms with E-state index in [0.717, 1.165) is 11.1 Å². The Kier molecular flexibility index (Phi) is 7.33. The van der Waals surface area contributed by atoms with E-state index in [-0.39, 0.29) is 17.9 Å². The van der Waals surface area contributed by atoms with E-state index < -0.39 is 18.4 Å². The van der Waals surface area contributed by atoms with Crippen molar-refractivity contribution in [2.75, 3.05) is 19.5 Å². The Balaban J connectivity index is 2.84. The first-order chi connectivity index (χ1) is 12.0. The first kappa shape index (κ1) is 19.8. The Morgan fingerprint density at radius 1 is 0.880 bits per heavy atom. The Hall–Kier alpha value is -1.52. The van der Waals surface area contributed by atoms with E-state index in [1.54, 1.807) is 13.8 Å². The van der Waals surface area contributed by atoms with Gasteiger partial charge in [-0.1, -0.05) is 60.7 Å². The minimum atomic E-state index is -3.69. The van der Waals surface area contributed by atoms with E-state index in [9.17, 15) is 8.77 Å². The molecule has 0 saturated heterocycles. The Morgan fingerprint density at radius 3 is 1.60 bits per heavy atom. The smallest absolute Gasteiger partial charge is 0.305 e. The molecule has 0 heterocycles. The van der Waals surface area contributed by atoms with E-state index in [0.29, 0.717) is 5.57 Å². The first-order valence-corrected chi connectivity index (χ1v) is 11.2. The van der Waals surface area contributed by atoms with Gasteiger partial charge in [-0.2, -0.15) is 0 Å². The molecule has 0 amide bonds. The normalized spacial score (nSPS) is 12.6. The minimum absolute atomic E-state index is 0.202. The van der Waals surface area contributed by atoms with Gasteiger partial charge in [0.15, 0.2) is 0 Å². The molecule has 4 nitrogen and oxygen atoms in total. The Morgan fingerprint density at radius 2 is 1.28 bits per heavy atom. The summed E-state index contributed by atoms with van der Waals surface area (Å²) in [6.45, 7) is 3.89. The number of hydrogen-bond acceptors (Lipinski definition) is 4. The molecule has 6 heteroatoms. The maximum atomic E-state index is 13.4. The lowest BCUT2D eigenvalue weighted by atomic mass is 10.00. The van der Waals surface area contributed by atoms with Gasteiger partial charge in [-0.25, -0.2) is 0 Å². The van der Waals surface area contributed by atoms with Crippen molar-refractivity contribution < 1.29 is 17.8 Å². The number of benzene rings is 2. The van der Waals surface area contributed by atoms with Crippen LogP contribution < -0.4 is 0 Å². The Labute approximate surface area is 151 Å². The topological polar surface area (TPSA) is 52.6 Å². The molecule has 2 aromatic carbocycles. The third-order valence-electron chi connectivity index (χ3n) is 3.46. The summed E-state index contributed by atoms with van der Waals surface area (Å²) in [5.41, 5.74) is 2.27. The van der Waals surface area contributed by atoms with Crippen molar-refractivity contribution in [1.82, 2.24) is 0 Å². The highest BCUT2D eigenvalue weighted by Crippen LogP contribution is 2.60. The molecule has 1 unspecified atom stereocenters. The Bertz CT molecular complexity index is 736. The van der Waals surface area contributed by atoms with Crippen molar-refractivity contribution in [3.63, 3.8) is 0 Å². The molecule has 0 spiro atoms. The molecule has 0 bridgehead atoms. The van der Waals surface area contributed by atoms with Gasteiger partial charge in [-0.3, -0.25) is 8.77 Å². The summed E-state index contributed by atoms with van der Waals surface area (Å²) in [4.78, 5) is 0. The molecule has 0 aliphatic rings. The zero-order valence-corrected chi connectivity index (χ0v) is 16.4. The zero-order valence-electron chi connectivity index (χ0n) is 14.7. The lowest BCUT2D eigenvalue weighted by Gasteiger charge is -2.22. The average Bonchev–Trinajstić information content (AvgIpc) is 2.61. The number of hydrogen-bond donors (Lipinski definition) is 0.